The summed E-state index contributed by atoms with van der Waals surface area (Å²) in [5.41, 5.74) is 8.40. The van der Waals surface area contributed by atoms with E-state index >= 15 is 0 Å². The zero-order valence-electron chi connectivity index (χ0n) is 10.9. The molecule has 0 aromatic heterocycles. The molecule has 0 heterocycles. The lowest BCUT2D eigenvalue weighted by molar-refractivity contribution is 0.102. The molecule has 0 aliphatic heterocycles. The van der Waals surface area contributed by atoms with Crippen molar-refractivity contribution in [2.45, 2.75) is 6.92 Å². The molecule has 0 saturated heterocycles. The summed E-state index contributed by atoms with van der Waals surface area (Å²) in [6.07, 6.45) is 0. The number of nitrogen functional groups attached to an aromatic ring is 1. The van der Waals surface area contributed by atoms with Crippen LogP contribution < -0.4 is 15.8 Å². The molecule has 2 rings (SSSR count). The maximum absolute atomic E-state index is 12.2. The quantitative estimate of drug-likeness (QED) is 0.830. The lowest BCUT2D eigenvalue weighted by atomic mass is 10.1. The van der Waals surface area contributed by atoms with Gasteiger partial charge in [-0.15, -0.1) is 0 Å². The van der Waals surface area contributed by atoms with Gasteiger partial charge in [-0.05, 0) is 42.8 Å². The van der Waals surface area contributed by atoms with Crippen LogP contribution in [0.25, 0.3) is 0 Å². The molecule has 1 amide bonds. The van der Waals surface area contributed by atoms with Crippen LogP contribution in [0, 0.1) is 6.92 Å². The van der Waals surface area contributed by atoms with Gasteiger partial charge < -0.3 is 15.8 Å². The van der Waals surface area contributed by atoms with E-state index in [1.807, 2.05) is 19.1 Å². The number of carbonyl (C=O) groups is 1. The topological polar surface area (TPSA) is 64.3 Å². The van der Waals surface area contributed by atoms with Crippen molar-refractivity contribution in [2.24, 2.45) is 0 Å². The van der Waals surface area contributed by atoms with Gasteiger partial charge in [-0.25, -0.2) is 0 Å². The molecular formula is C15H16N2O2. The van der Waals surface area contributed by atoms with Crippen LogP contribution in [0.1, 0.15) is 15.9 Å². The summed E-state index contributed by atoms with van der Waals surface area (Å²) < 4.78 is 5.20. The van der Waals surface area contributed by atoms with Crippen molar-refractivity contribution in [2.75, 3.05) is 18.2 Å². The second kappa shape index (κ2) is 5.44. The molecule has 2 aromatic rings. The van der Waals surface area contributed by atoms with Crippen LogP contribution in [-0.4, -0.2) is 13.0 Å². The number of hydrogen-bond donors (Lipinski definition) is 2. The number of nitrogens with two attached hydrogens (primary N) is 1. The molecule has 4 nitrogen and oxygen atoms in total. The molecule has 0 spiro atoms. The predicted octanol–water partition coefficient (Wildman–Crippen LogP) is 2.84. The van der Waals surface area contributed by atoms with Gasteiger partial charge >= 0.3 is 0 Å². The Balaban J connectivity index is 2.26. The van der Waals surface area contributed by atoms with Crippen LogP contribution in [0.3, 0.4) is 0 Å². The third-order valence-electron chi connectivity index (χ3n) is 2.85. The highest BCUT2D eigenvalue weighted by molar-refractivity contribution is 6.06. The molecule has 0 aliphatic carbocycles. The Morgan fingerprint density at radius 2 is 1.95 bits per heavy atom. The monoisotopic (exact) mass is 256 g/mol. The average molecular weight is 256 g/mol. The predicted molar refractivity (Wildman–Crippen MR) is 76.5 cm³/mol. The van der Waals surface area contributed by atoms with Crippen molar-refractivity contribution >= 4 is 17.3 Å². The Kier molecular flexibility index (Phi) is 3.71. The Morgan fingerprint density at radius 1 is 1.21 bits per heavy atom. The number of anilines is 2. The van der Waals surface area contributed by atoms with Crippen molar-refractivity contribution < 1.29 is 9.53 Å². The number of aryl methyl sites for hydroxylation is 1. The molecule has 98 valence electrons. The van der Waals surface area contributed by atoms with Gasteiger partial charge in [0, 0.05) is 11.3 Å². The zero-order valence-corrected chi connectivity index (χ0v) is 10.9. The largest absolute Gasteiger partial charge is 0.495 e. The van der Waals surface area contributed by atoms with Gasteiger partial charge in [-0.3, -0.25) is 4.79 Å². The first-order valence-electron chi connectivity index (χ1n) is 5.92. The van der Waals surface area contributed by atoms with Crippen LogP contribution in [-0.2, 0) is 0 Å². The van der Waals surface area contributed by atoms with Gasteiger partial charge in [0.15, 0.2) is 0 Å². The van der Waals surface area contributed by atoms with E-state index in [0.29, 0.717) is 22.7 Å². The fourth-order valence-corrected chi connectivity index (χ4v) is 1.88. The minimum absolute atomic E-state index is 0.179. The summed E-state index contributed by atoms with van der Waals surface area (Å²) in [7, 11) is 1.57. The maximum atomic E-state index is 12.2. The van der Waals surface area contributed by atoms with Gasteiger partial charge in [0.1, 0.15) is 5.75 Å². The van der Waals surface area contributed by atoms with Crippen LogP contribution in [0.4, 0.5) is 11.4 Å². The molecule has 4 heteroatoms. The van der Waals surface area contributed by atoms with E-state index in [0.717, 1.165) is 5.56 Å². The lowest BCUT2D eigenvalue weighted by Crippen LogP contribution is -2.14. The Bertz CT molecular complexity index is 609. The first kappa shape index (κ1) is 13.0. The molecule has 2 aromatic carbocycles. The number of amides is 1. The fourth-order valence-electron chi connectivity index (χ4n) is 1.88. The first-order valence-corrected chi connectivity index (χ1v) is 5.92. The highest BCUT2D eigenvalue weighted by Gasteiger charge is 2.11. The molecule has 0 radical (unpaired) electrons. The van der Waals surface area contributed by atoms with Gasteiger partial charge in [-0.2, -0.15) is 0 Å². The summed E-state index contributed by atoms with van der Waals surface area (Å²) in [6.45, 7) is 1.85. The van der Waals surface area contributed by atoms with Crippen LogP contribution >= 0.6 is 0 Å². The van der Waals surface area contributed by atoms with Crippen LogP contribution in [0.2, 0.25) is 0 Å². The van der Waals surface area contributed by atoms with Crippen molar-refractivity contribution in [3.05, 3.63) is 53.6 Å². The van der Waals surface area contributed by atoms with Crippen LogP contribution in [0.5, 0.6) is 5.75 Å². The SMILES string of the molecule is COc1ccccc1NC(=O)c1ccc(N)cc1C. The molecule has 0 saturated carbocycles. The standard InChI is InChI=1S/C15H16N2O2/c1-10-9-11(16)7-8-12(10)15(18)17-13-5-3-4-6-14(13)19-2/h3-9H,16H2,1-2H3,(H,17,18). The van der Waals surface area contributed by atoms with Gasteiger partial charge in [0.05, 0.1) is 12.8 Å². The maximum Gasteiger partial charge on any atom is 0.256 e. The molecule has 0 atom stereocenters. The van der Waals surface area contributed by atoms with Gasteiger partial charge in [0.2, 0.25) is 0 Å². The van der Waals surface area contributed by atoms with Crippen molar-refractivity contribution in [3.63, 3.8) is 0 Å². The summed E-state index contributed by atoms with van der Waals surface area (Å²) in [5, 5.41) is 2.83. The number of nitrogens with one attached hydrogen (secondary N) is 1. The summed E-state index contributed by atoms with van der Waals surface area (Å²) in [5.74, 6) is 0.450. The van der Waals surface area contributed by atoms with E-state index < -0.39 is 0 Å². The molecule has 19 heavy (non-hydrogen) atoms. The molecule has 0 unspecified atom stereocenters. The Hall–Kier alpha value is -2.49. The highest BCUT2D eigenvalue weighted by Crippen LogP contribution is 2.24. The minimum atomic E-state index is -0.179. The van der Waals surface area contributed by atoms with Gasteiger partial charge in [-0.1, -0.05) is 12.1 Å². The van der Waals surface area contributed by atoms with E-state index in [4.69, 9.17) is 10.5 Å². The van der Waals surface area contributed by atoms with Crippen LogP contribution in [0.15, 0.2) is 42.5 Å². The number of methoxy groups -OCH3 is 1. The third-order valence-corrected chi connectivity index (χ3v) is 2.85. The molecule has 0 bridgehead atoms. The number of hydrogen-bond acceptors (Lipinski definition) is 3. The van der Waals surface area contributed by atoms with Gasteiger partial charge in [0.25, 0.3) is 5.91 Å². The lowest BCUT2D eigenvalue weighted by Gasteiger charge is -2.11. The Labute approximate surface area is 112 Å². The average Bonchev–Trinajstić information content (AvgIpc) is 2.39. The number of benzene rings is 2. The van der Waals surface area contributed by atoms with E-state index in [-0.39, 0.29) is 5.91 Å². The molecule has 3 N–H and O–H groups in total. The van der Waals surface area contributed by atoms with E-state index in [9.17, 15) is 4.79 Å². The summed E-state index contributed by atoms with van der Waals surface area (Å²) in [6, 6.07) is 12.5. The first-order chi connectivity index (χ1) is 9.11. The number of carbonyl (C=O) groups excluding carboxylic acids is 1. The molecule has 0 aliphatic rings. The van der Waals surface area contributed by atoms with Crippen molar-refractivity contribution in [1.82, 2.24) is 0 Å². The Morgan fingerprint density at radius 3 is 2.63 bits per heavy atom. The van der Waals surface area contributed by atoms with E-state index in [1.54, 1.807) is 37.4 Å². The van der Waals surface area contributed by atoms with E-state index in [2.05, 4.69) is 5.32 Å². The minimum Gasteiger partial charge on any atom is -0.495 e. The second-order valence-electron chi connectivity index (χ2n) is 4.23. The molecule has 0 fully saturated rings. The third kappa shape index (κ3) is 2.85. The zero-order chi connectivity index (χ0) is 13.8. The summed E-state index contributed by atoms with van der Waals surface area (Å²) in [4.78, 5) is 12.2. The number of para-hydroxylation sites is 2. The highest BCUT2D eigenvalue weighted by atomic mass is 16.5. The van der Waals surface area contributed by atoms with E-state index in [1.165, 1.54) is 0 Å². The van der Waals surface area contributed by atoms with Crippen molar-refractivity contribution in [3.8, 4) is 5.75 Å². The smallest absolute Gasteiger partial charge is 0.256 e. The summed E-state index contributed by atoms with van der Waals surface area (Å²) >= 11 is 0. The second-order valence-corrected chi connectivity index (χ2v) is 4.23. The fraction of sp³-hybridized carbons (Fsp3) is 0.133. The number of ether oxygens (including phenoxy) is 1. The van der Waals surface area contributed by atoms with Crippen molar-refractivity contribution in [1.29, 1.82) is 0 Å². The number of rotatable bonds is 3. The normalized spacial score (nSPS) is 10.0. The molecular weight excluding hydrogens is 240 g/mol.